The summed E-state index contributed by atoms with van der Waals surface area (Å²) in [7, 11) is 0. The lowest BCUT2D eigenvalue weighted by Crippen LogP contribution is -2.31. The lowest BCUT2D eigenvalue weighted by atomic mass is 9.87. The number of carbonyl (C=O) groups is 1. The van der Waals surface area contributed by atoms with E-state index in [1.165, 1.54) is 12.8 Å². The zero-order valence-corrected chi connectivity index (χ0v) is 9.60. The third kappa shape index (κ3) is 2.27. The first-order chi connectivity index (χ1) is 6.72. The maximum Gasteiger partial charge on any atom is 0.219 e. The SMILES string of the molecule is CC.CC(=O)N1CCC2(CCNC2)C1. The van der Waals surface area contributed by atoms with Gasteiger partial charge in [0.1, 0.15) is 0 Å². The number of amides is 1. The van der Waals surface area contributed by atoms with Crippen molar-refractivity contribution in [2.45, 2.75) is 33.6 Å². The van der Waals surface area contributed by atoms with Crippen LogP contribution in [0.2, 0.25) is 0 Å². The van der Waals surface area contributed by atoms with Gasteiger partial charge in [-0.15, -0.1) is 0 Å². The van der Waals surface area contributed by atoms with Crippen LogP contribution in [-0.2, 0) is 4.79 Å². The van der Waals surface area contributed by atoms with Crippen molar-refractivity contribution < 1.29 is 4.79 Å². The van der Waals surface area contributed by atoms with Crippen molar-refractivity contribution in [3.8, 4) is 0 Å². The lowest BCUT2D eigenvalue weighted by molar-refractivity contribution is -0.128. The van der Waals surface area contributed by atoms with Crippen molar-refractivity contribution in [3.63, 3.8) is 0 Å². The third-order valence-corrected chi connectivity index (χ3v) is 3.22. The van der Waals surface area contributed by atoms with Crippen molar-refractivity contribution in [1.82, 2.24) is 10.2 Å². The van der Waals surface area contributed by atoms with Crippen molar-refractivity contribution in [2.75, 3.05) is 26.2 Å². The molecule has 1 N–H and O–H groups in total. The molecule has 0 aromatic carbocycles. The number of likely N-dealkylation sites (tertiary alicyclic amines) is 1. The summed E-state index contributed by atoms with van der Waals surface area (Å²) in [5.41, 5.74) is 0.436. The molecule has 3 nitrogen and oxygen atoms in total. The van der Waals surface area contributed by atoms with Crippen LogP contribution < -0.4 is 5.32 Å². The van der Waals surface area contributed by atoms with Gasteiger partial charge in [-0.3, -0.25) is 4.79 Å². The van der Waals surface area contributed by atoms with Crippen LogP contribution in [0.1, 0.15) is 33.6 Å². The second kappa shape index (κ2) is 4.78. The minimum Gasteiger partial charge on any atom is -0.342 e. The highest BCUT2D eigenvalue weighted by Gasteiger charge is 2.40. The quantitative estimate of drug-likeness (QED) is 0.635. The Morgan fingerprint density at radius 3 is 2.50 bits per heavy atom. The molecule has 2 rings (SSSR count). The Balaban J connectivity index is 0.000000461. The predicted octanol–water partition coefficient (Wildman–Crippen LogP) is 1.24. The lowest BCUT2D eigenvalue weighted by Gasteiger charge is -2.21. The van der Waals surface area contributed by atoms with E-state index in [2.05, 4.69) is 5.32 Å². The standard InChI is InChI=1S/C9H16N2O.C2H6/c1-8(12)11-5-3-9(7-11)2-4-10-6-9;1-2/h10H,2-7H2,1H3;1-2H3. The van der Waals surface area contributed by atoms with E-state index in [4.69, 9.17) is 0 Å². The first-order valence-corrected chi connectivity index (χ1v) is 5.68. The van der Waals surface area contributed by atoms with E-state index in [1.54, 1.807) is 6.92 Å². The van der Waals surface area contributed by atoms with Gasteiger partial charge in [0.25, 0.3) is 0 Å². The zero-order valence-electron chi connectivity index (χ0n) is 9.60. The van der Waals surface area contributed by atoms with Gasteiger partial charge in [-0.1, -0.05) is 13.8 Å². The zero-order chi connectivity index (χ0) is 10.6. The molecule has 0 aromatic heterocycles. The van der Waals surface area contributed by atoms with Gasteiger partial charge in [-0.2, -0.15) is 0 Å². The minimum absolute atomic E-state index is 0.235. The monoisotopic (exact) mass is 198 g/mol. The summed E-state index contributed by atoms with van der Waals surface area (Å²) in [5.74, 6) is 0.235. The molecule has 0 aromatic rings. The number of rotatable bonds is 0. The average Bonchev–Trinajstić information content (AvgIpc) is 2.81. The molecule has 0 saturated carbocycles. The third-order valence-electron chi connectivity index (χ3n) is 3.22. The minimum atomic E-state index is 0.235. The van der Waals surface area contributed by atoms with Gasteiger partial charge in [-0.25, -0.2) is 0 Å². The summed E-state index contributed by atoms with van der Waals surface area (Å²) in [6.45, 7) is 9.86. The van der Waals surface area contributed by atoms with Crippen LogP contribution in [0.25, 0.3) is 0 Å². The van der Waals surface area contributed by atoms with Crippen LogP contribution in [0.3, 0.4) is 0 Å². The first-order valence-electron chi connectivity index (χ1n) is 5.68. The van der Waals surface area contributed by atoms with Crippen LogP contribution in [0.4, 0.5) is 0 Å². The largest absolute Gasteiger partial charge is 0.342 e. The molecule has 3 heteroatoms. The highest BCUT2D eigenvalue weighted by Crippen LogP contribution is 2.35. The predicted molar refractivity (Wildman–Crippen MR) is 58.1 cm³/mol. The molecule has 82 valence electrons. The summed E-state index contributed by atoms with van der Waals surface area (Å²) < 4.78 is 0. The van der Waals surface area contributed by atoms with Gasteiger partial charge >= 0.3 is 0 Å². The molecule has 1 atom stereocenters. The molecular formula is C11H22N2O. The van der Waals surface area contributed by atoms with E-state index in [0.717, 1.165) is 26.2 Å². The fourth-order valence-electron chi connectivity index (χ4n) is 2.35. The van der Waals surface area contributed by atoms with Crippen LogP contribution >= 0.6 is 0 Å². The van der Waals surface area contributed by atoms with Crippen molar-refractivity contribution in [3.05, 3.63) is 0 Å². The Morgan fingerprint density at radius 2 is 2.07 bits per heavy atom. The second-order valence-corrected chi connectivity index (χ2v) is 4.12. The summed E-state index contributed by atoms with van der Waals surface area (Å²) in [6.07, 6.45) is 2.44. The van der Waals surface area contributed by atoms with Crippen LogP contribution in [0.15, 0.2) is 0 Å². The Morgan fingerprint density at radius 1 is 1.36 bits per heavy atom. The van der Waals surface area contributed by atoms with Crippen LogP contribution in [0, 0.1) is 5.41 Å². The Bertz CT molecular complexity index is 197. The molecular weight excluding hydrogens is 176 g/mol. The Hall–Kier alpha value is -0.570. The van der Waals surface area contributed by atoms with Crippen LogP contribution in [-0.4, -0.2) is 37.0 Å². The molecule has 2 heterocycles. The van der Waals surface area contributed by atoms with Gasteiger partial charge in [0.05, 0.1) is 0 Å². The number of nitrogens with zero attached hydrogens (tertiary/aromatic N) is 1. The normalized spacial score (nSPS) is 30.4. The van der Waals surface area contributed by atoms with Gasteiger partial charge < -0.3 is 10.2 Å². The van der Waals surface area contributed by atoms with Crippen LogP contribution in [0.5, 0.6) is 0 Å². The molecule has 2 aliphatic heterocycles. The molecule has 2 saturated heterocycles. The number of nitrogens with one attached hydrogen (secondary N) is 1. The van der Waals surface area contributed by atoms with Gasteiger partial charge in [-0.05, 0) is 19.4 Å². The fourth-order valence-corrected chi connectivity index (χ4v) is 2.35. The maximum atomic E-state index is 11.1. The highest BCUT2D eigenvalue weighted by atomic mass is 16.2. The molecule has 2 aliphatic rings. The van der Waals surface area contributed by atoms with E-state index in [1.807, 2.05) is 18.7 Å². The van der Waals surface area contributed by atoms with Gasteiger partial charge in [0.15, 0.2) is 0 Å². The van der Waals surface area contributed by atoms with E-state index in [9.17, 15) is 4.79 Å². The Labute approximate surface area is 86.9 Å². The fraction of sp³-hybridized carbons (Fsp3) is 0.909. The van der Waals surface area contributed by atoms with Gasteiger partial charge in [0.2, 0.25) is 5.91 Å². The summed E-state index contributed by atoms with van der Waals surface area (Å²) in [4.78, 5) is 13.1. The summed E-state index contributed by atoms with van der Waals surface area (Å²) >= 11 is 0. The van der Waals surface area contributed by atoms with Crippen molar-refractivity contribution in [2.24, 2.45) is 5.41 Å². The molecule has 0 radical (unpaired) electrons. The molecule has 14 heavy (non-hydrogen) atoms. The first kappa shape index (κ1) is 11.5. The van der Waals surface area contributed by atoms with Crippen molar-refractivity contribution in [1.29, 1.82) is 0 Å². The van der Waals surface area contributed by atoms with E-state index in [0.29, 0.717) is 5.41 Å². The molecule has 2 fully saturated rings. The average molecular weight is 198 g/mol. The molecule has 1 unspecified atom stereocenters. The van der Waals surface area contributed by atoms with E-state index >= 15 is 0 Å². The van der Waals surface area contributed by atoms with E-state index < -0.39 is 0 Å². The second-order valence-electron chi connectivity index (χ2n) is 4.12. The highest BCUT2D eigenvalue weighted by molar-refractivity contribution is 5.73. The topological polar surface area (TPSA) is 32.3 Å². The maximum absolute atomic E-state index is 11.1. The van der Waals surface area contributed by atoms with E-state index in [-0.39, 0.29) is 5.91 Å². The van der Waals surface area contributed by atoms with Gasteiger partial charge in [0, 0.05) is 32.0 Å². The molecule has 1 amide bonds. The number of carbonyl (C=O) groups excluding carboxylic acids is 1. The molecule has 1 spiro atoms. The van der Waals surface area contributed by atoms with Crippen molar-refractivity contribution >= 4 is 5.91 Å². The Kier molecular flexibility index (Phi) is 3.93. The summed E-state index contributed by atoms with van der Waals surface area (Å²) in [5, 5.41) is 3.38. The summed E-state index contributed by atoms with van der Waals surface area (Å²) in [6, 6.07) is 0. The molecule has 0 aliphatic carbocycles. The molecule has 0 bridgehead atoms. The number of hydrogen-bond donors (Lipinski definition) is 1. The smallest absolute Gasteiger partial charge is 0.219 e. The number of hydrogen-bond acceptors (Lipinski definition) is 2.